The lowest BCUT2D eigenvalue weighted by Crippen LogP contribution is -2.49. The van der Waals surface area contributed by atoms with Gasteiger partial charge in [-0.25, -0.2) is 4.79 Å². The molecule has 0 aliphatic carbocycles. The highest BCUT2D eigenvalue weighted by Crippen LogP contribution is 2.23. The third kappa shape index (κ3) is 6.39. The number of likely N-dealkylation sites (tertiary alicyclic amines) is 1. The number of carbonyl (C=O) groups excluding carboxylic acids is 1. The maximum Gasteiger partial charge on any atom is 0.409 e. The van der Waals surface area contributed by atoms with Crippen molar-refractivity contribution in [2.45, 2.75) is 46.2 Å². The van der Waals surface area contributed by atoms with E-state index in [9.17, 15) is 4.79 Å². The highest BCUT2D eigenvalue weighted by atomic mass is 127. The molecule has 1 aliphatic heterocycles. The van der Waals surface area contributed by atoms with E-state index in [1.54, 1.807) is 19.1 Å². The quantitative estimate of drug-likeness (QED) is 0.364. The number of aliphatic imine (C=N–C) groups is 1. The molecule has 0 atom stereocenters. The van der Waals surface area contributed by atoms with Gasteiger partial charge in [0.25, 0.3) is 0 Å². The van der Waals surface area contributed by atoms with E-state index in [1.165, 1.54) is 0 Å². The highest BCUT2D eigenvalue weighted by Gasteiger charge is 2.24. The Morgan fingerprint density at radius 2 is 2.04 bits per heavy atom. The predicted molar refractivity (Wildman–Crippen MR) is 121 cm³/mol. The van der Waals surface area contributed by atoms with Crippen LogP contribution in [-0.2, 0) is 11.3 Å². The van der Waals surface area contributed by atoms with Crippen molar-refractivity contribution >= 4 is 36.0 Å². The Labute approximate surface area is 184 Å². The normalized spacial score (nSPS) is 14.9. The molecule has 0 unspecified atom stereocenters. The van der Waals surface area contributed by atoms with Crippen LogP contribution in [0.3, 0.4) is 0 Å². The second kappa shape index (κ2) is 11.9. The van der Waals surface area contributed by atoms with Crippen molar-refractivity contribution in [3.8, 4) is 5.75 Å². The van der Waals surface area contributed by atoms with Crippen molar-refractivity contribution in [2.75, 3.05) is 33.9 Å². The average Bonchev–Trinajstić information content (AvgIpc) is 2.67. The van der Waals surface area contributed by atoms with Crippen LogP contribution in [0.4, 0.5) is 4.79 Å². The van der Waals surface area contributed by atoms with Crippen LogP contribution < -0.4 is 15.4 Å². The van der Waals surface area contributed by atoms with Gasteiger partial charge in [0.05, 0.1) is 26.0 Å². The van der Waals surface area contributed by atoms with Crippen molar-refractivity contribution < 1.29 is 14.3 Å². The number of rotatable bonds is 5. The van der Waals surface area contributed by atoms with E-state index >= 15 is 0 Å². The summed E-state index contributed by atoms with van der Waals surface area (Å²) in [5.74, 6) is 1.60. The van der Waals surface area contributed by atoms with E-state index in [1.807, 2.05) is 27.0 Å². The summed E-state index contributed by atoms with van der Waals surface area (Å²) >= 11 is 0. The number of pyridine rings is 1. The Kier molecular flexibility index (Phi) is 10.3. The first-order valence-corrected chi connectivity index (χ1v) is 9.38. The topological polar surface area (TPSA) is 88.1 Å². The number of hydrogen-bond donors (Lipinski definition) is 2. The van der Waals surface area contributed by atoms with Gasteiger partial charge >= 0.3 is 6.09 Å². The molecule has 0 aromatic carbocycles. The molecule has 1 aromatic rings. The second-order valence-electron chi connectivity index (χ2n) is 6.58. The number of aromatic nitrogens is 1. The minimum Gasteiger partial charge on any atom is -0.496 e. The maximum absolute atomic E-state index is 11.8. The molecule has 1 aromatic heterocycles. The number of piperidine rings is 1. The Hall–Kier alpha value is -1.78. The van der Waals surface area contributed by atoms with Gasteiger partial charge in [-0.05, 0) is 33.6 Å². The fourth-order valence-corrected chi connectivity index (χ4v) is 3.23. The Bertz CT molecular complexity index is 676. The summed E-state index contributed by atoms with van der Waals surface area (Å²) in [5.41, 5.74) is 2.98. The predicted octanol–water partition coefficient (Wildman–Crippen LogP) is 2.61. The summed E-state index contributed by atoms with van der Waals surface area (Å²) in [6, 6.07) is 0.267. The summed E-state index contributed by atoms with van der Waals surface area (Å²) in [5, 5.41) is 6.74. The van der Waals surface area contributed by atoms with Crippen LogP contribution in [0.2, 0.25) is 0 Å². The van der Waals surface area contributed by atoms with Crippen molar-refractivity contribution in [3.05, 3.63) is 23.0 Å². The molecule has 9 heteroatoms. The van der Waals surface area contributed by atoms with Crippen LogP contribution in [0.5, 0.6) is 5.75 Å². The van der Waals surface area contributed by atoms with Gasteiger partial charge in [0.1, 0.15) is 5.75 Å². The molecule has 0 spiro atoms. The van der Waals surface area contributed by atoms with E-state index in [0.717, 1.165) is 41.4 Å². The molecule has 1 aliphatic rings. The van der Waals surface area contributed by atoms with Gasteiger partial charge in [0.15, 0.2) is 5.96 Å². The van der Waals surface area contributed by atoms with Crippen LogP contribution in [0.1, 0.15) is 36.6 Å². The third-order valence-electron chi connectivity index (χ3n) is 4.76. The molecule has 0 saturated carbocycles. The fourth-order valence-electron chi connectivity index (χ4n) is 3.23. The molecular weight excluding hydrogens is 473 g/mol. The van der Waals surface area contributed by atoms with Crippen molar-refractivity contribution in [2.24, 2.45) is 4.99 Å². The molecule has 0 radical (unpaired) electrons. The zero-order valence-electron chi connectivity index (χ0n) is 17.4. The summed E-state index contributed by atoms with van der Waals surface area (Å²) in [6.45, 7) is 8.15. The van der Waals surface area contributed by atoms with Crippen LogP contribution in [-0.4, -0.2) is 61.8 Å². The lowest BCUT2D eigenvalue weighted by Gasteiger charge is -2.32. The maximum atomic E-state index is 11.8. The molecular formula is C19H32IN5O3. The van der Waals surface area contributed by atoms with Gasteiger partial charge in [-0.1, -0.05) is 0 Å². The highest BCUT2D eigenvalue weighted by molar-refractivity contribution is 14.0. The van der Waals surface area contributed by atoms with E-state index in [0.29, 0.717) is 26.2 Å². The Balaban J connectivity index is 0.00000392. The van der Waals surface area contributed by atoms with Crippen LogP contribution in [0, 0.1) is 13.8 Å². The van der Waals surface area contributed by atoms with Gasteiger partial charge in [-0.3, -0.25) is 9.98 Å². The Morgan fingerprint density at radius 1 is 1.36 bits per heavy atom. The smallest absolute Gasteiger partial charge is 0.409 e. The molecule has 8 nitrogen and oxygen atoms in total. The van der Waals surface area contributed by atoms with E-state index < -0.39 is 0 Å². The number of methoxy groups -OCH3 is 1. The lowest BCUT2D eigenvalue weighted by atomic mass is 10.1. The van der Waals surface area contributed by atoms with Crippen LogP contribution >= 0.6 is 24.0 Å². The van der Waals surface area contributed by atoms with E-state index in [-0.39, 0.29) is 36.1 Å². The van der Waals surface area contributed by atoms with Crippen molar-refractivity contribution in [3.63, 3.8) is 0 Å². The first-order chi connectivity index (χ1) is 13.0. The first-order valence-electron chi connectivity index (χ1n) is 9.38. The number of guanidine groups is 1. The number of halogens is 1. The molecule has 1 fully saturated rings. The Morgan fingerprint density at radius 3 is 2.61 bits per heavy atom. The fraction of sp³-hybridized carbons (Fsp3) is 0.632. The van der Waals surface area contributed by atoms with Crippen molar-refractivity contribution in [1.29, 1.82) is 0 Å². The summed E-state index contributed by atoms with van der Waals surface area (Å²) in [6.07, 6.45) is 3.31. The van der Waals surface area contributed by atoms with Gasteiger partial charge in [0, 0.05) is 43.5 Å². The molecule has 2 N–H and O–H groups in total. The lowest BCUT2D eigenvalue weighted by molar-refractivity contribution is 0.0963. The number of hydrogen-bond acceptors (Lipinski definition) is 5. The van der Waals surface area contributed by atoms with Gasteiger partial charge < -0.3 is 25.0 Å². The molecule has 28 heavy (non-hydrogen) atoms. The number of nitrogens with zero attached hydrogens (tertiary/aromatic N) is 3. The molecule has 1 amide bonds. The largest absolute Gasteiger partial charge is 0.496 e. The number of amides is 1. The number of aryl methyl sites for hydroxylation is 1. The number of ether oxygens (including phenoxy) is 2. The third-order valence-corrected chi connectivity index (χ3v) is 4.76. The monoisotopic (exact) mass is 505 g/mol. The average molecular weight is 505 g/mol. The van der Waals surface area contributed by atoms with Crippen LogP contribution in [0.25, 0.3) is 0 Å². The van der Waals surface area contributed by atoms with E-state index in [2.05, 4.69) is 20.6 Å². The minimum absolute atomic E-state index is 0. The van der Waals surface area contributed by atoms with Crippen LogP contribution in [0.15, 0.2) is 11.2 Å². The van der Waals surface area contributed by atoms with Crippen molar-refractivity contribution in [1.82, 2.24) is 20.5 Å². The zero-order chi connectivity index (χ0) is 19.8. The molecule has 158 valence electrons. The van der Waals surface area contributed by atoms with Gasteiger partial charge in [-0.2, -0.15) is 0 Å². The SMILES string of the molecule is CCOC(=O)N1CCC(NC(=NC)NCc2ncc(C)c(OC)c2C)CC1.I. The number of carbonyl (C=O) groups is 1. The molecule has 2 heterocycles. The summed E-state index contributed by atoms with van der Waals surface area (Å²) < 4.78 is 10.5. The van der Waals surface area contributed by atoms with E-state index in [4.69, 9.17) is 9.47 Å². The molecule has 1 saturated heterocycles. The first kappa shape index (κ1) is 24.3. The minimum atomic E-state index is -0.228. The van der Waals surface area contributed by atoms with Gasteiger partial charge in [0.2, 0.25) is 0 Å². The standard InChI is InChI=1S/C19H31N5O3.HI/c1-6-27-19(25)24-9-7-15(8-10-24)23-18(20-4)22-12-16-14(3)17(26-5)13(2)11-21-16;/h11,15H,6-10,12H2,1-5H3,(H2,20,22,23);1H. The van der Waals surface area contributed by atoms with Gasteiger partial charge in [-0.15, -0.1) is 24.0 Å². The zero-order valence-corrected chi connectivity index (χ0v) is 19.7. The molecule has 2 rings (SSSR count). The molecule has 0 bridgehead atoms. The summed E-state index contributed by atoms with van der Waals surface area (Å²) in [7, 11) is 3.43. The summed E-state index contributed by atoms with van der Waals surface area (Å²) in [4.78, 5) is 22.3. The second-order valence-corrected chi connectivity index (χ2v) is 6.58. The number of nitrogens with one attached hydrogen (secondary N) is 2.